The molecule has 0 saturated carbocycles. The van der Waals surface area contributed by atoms with E-state index in [0.29, 0.717) is 10.2 Å². The van der Waals surface area contributed by atoms with E-state index in [4.69, 9.17) is 0 Å². The summed E-state index contributed by atoms with van der Waals surface area (Å²) in [5.74, 6) is -1.66. The van der Waals surface area contributed by atoms with E-state index in [1.54, 1.807) is 30.3 Å². The number of carbonyl (C=O) groups is 1. The maximum atomic E-state index is 13.4. The number of rotatable bonds is 2. The Hall–Kier alpha value is -2.03. The van der Waals surface area contributed by atoms with Crippen molar-refractivity contribution in [2.24, 2.45) is 0 Å². The molecule has 0 aliphatic carbocycles. The standard InChI is InChI=1S/C14H11BrF3N3O2/c15-10-11(13(22)23)20-21-9(14(16,17)18)6-8(19-12(10)21)7-4-2-1-3-5-7/h1-5,8-9,19H,6H2,(H,22,23)/p-1/t8-,9-/m0/s1. The minimum Gasteiger partial charge on any atom is -0.543 e. The first-order chi connectivity index (χ1) is 10.8. The van der Waals surface area contributed by atoms with Gasteiger partial charge in [0.05, 0.1) is 16.5 Å². The summed E-state index contributed by atoms with van der Waals surface area (Å²) in [5.41, 5.74) is 0.117. The second-order valence-electron chi connectivity index (χ2n) is 5.14. The molecule has 0 fully saturated rings. The number of nitrogens with zero attached hydrogens (tertiary/aromatic N) is 2. The summed E-state index contributed by atoms with van der Waals surface area (Å²) in [7, 11) is 0. The van der Waals surface area contributed by atoms with E-state index in [-0.39, 0.29) is 16.7 Å². The Morgan fingerprint density at radius 1 is 1.35 bits per heavy atom. The Morgan fingerprint density at radius 2 is 2.00 bits per heavy atom. The van der Waals surface area contributed by atoms with Crippen molar-refractivity contribution >= 4 is 27.7 Å². The van der Waals surface area contributed by atoms with Crippen molar-refractivity contribution in [1.29, 1.82) is 0 Å². The molecule has 3 rings (SSSR count). The lowest BCUT2D eigenvalue weighted by Crippen LogP contribution is -2.36. The monoisotopic (exact) mass is 388 g/mol. The zero-order chi connectivity index (χ0) is 16.8. The smallest absolute Gasteiger partial charge is 0.410 e. The molecule has 2 aromatic rings. The molecule has 1 aromatic heterocycles. The van der Waals surface area contributed by atoms with Crippen molar-refractivity contribution in [3.8, 4) is 0 Å². The van der Waals surface area contributed by atoms with Crippen molar-refractivity contribution < 1.29 is 23.1 Å². The van der Waals surface area contributed by atoms with Gasteiger partial charge >= 0.3 is 6.18 Å². The fraction of sp³-hybridized carbons (Fsp3) is 0.286. The Morgan fingerprint density at radius 3 is 2.57 bits per heavy atom. The molecule has 5 nitrogen and oxygen atoms in total. The molecule has 0 spiro atoms. The summed E-state index contributed by atoms with van der Waals surface area (Å²) >= 11 is 3.00. The minimum absolute atomic E-state index is 0.0216. The second kappa shape index (κ2) is 5.55. The number of aromatic carboxylic acids is 1. The van der Waals surface area contributed by atoms with Gasteiger partial charge < -0.3 is 15.2 Å². The van der Waals surface area contributed by atoms with Crippen molar-refractivity contribution in [2.45, 2.75) is 24.7 Å². The number of carboxylic acid groups (broad SMARTS) is 1. The first-order valence-electron chi connectivity index (χ1n) is 6.66. The molecule has 1 aliphatic heterocycles. The van der Waals surface area contributed by atoms with Crippen LogP contribution in [0.4, 0.5) is 19.0 Å². The molecule has 0 saturated heterocycles. The largest absolute Gasteiger partial charge is 0.543 e. The molecule has 2 heterocycles. The van der Waals surface area contributed by atoms with Gasteiger partial charge in [-0.3, -0.25) is 0 Å². The van der Waals surface area contributed by atoms with Crippen LogP contribution in [0, 0.1) is 0 Å². The molecule has 23 heavy (non-hydrogen) atoms. The first kappa shape index (κ1) is 15.9. The lowest BCUT2D eigenvalue weighted by Gasteiger charge is -2.33. The third-order valence-corrected chi connectivity index (χ3v) is 4.44. The second-order valence-corrected chi connectivity index (χ2v) is 5.94. The predicted molar refractivity (Wildman–Crippen MR) is 76.8 cm³/mol. The van der Waals surface area contributed by atoms with Crippen LogP contribution in [0.3, 0.4) is 0 Å². The van der Waals surface area contributed by atoms with Gasteiger partial charge in [-0.25, -0.2) is 4.68 Å². The van der Waals surface area contributed by atoms with E-state index in [0.717, 1.165) is 0 Å². The predicted octanol–water partition coefficient (Wildman–Crippen LogP) is 2.67. The summed E-state index contributed by atoms with van der Waals surface area (Å²) in [6.07, 6.45) is -4.85. The number of alkyl halides is 3. The number of fused-ring (bicyclic) bond motifs is 1. The number of benzene rings is 1. The highest BCUT2D eigenvalue weighted by Gasteiger charge is 2.47. The summed E-state index contributed by atoms with van der Waals surface area (Å²) < 4.78 is 40.8. The summed E-state index contributed by atoms with van der Waals surface area (Å²) in [6.45, 7) is 0. The van der Waals surface area contributed by atoms with E-state index in [1.807, 2.05) is 0 Å². The van der Waals surface area contributed by atoms with Crippen LogP contribution in [0.25, 0.3) is 0 Å². The van der Waals surface area contributed by atoms with E-state index in [1.165, 1.54) is 0 Å². The van der Waals surface area contributed by atoms with E-state index < -0.39 is 29.9 Å². The highest BCUT2D eigenvalue weighted by atomic mass is 79.9. The fourth-order valence-corrected chi connectivity index (χ4v) is 3.16. The van der Waals surface area contributed by atoms with Crippen molar-refractivity contribution in [2.75, 3.05) is 5.32 Å². The third kappa shape index (κ3) is 2.80. The lowest BCUT2D eigenvalue weighted by molar-refractivity contribution is -0.255. The zero-order valence-corrected chi connectivity index (χ0v) is 13.1. The summed E-state index contributed by atoms with van der Waals surface area (Å²) in [6, 6.07) is 6.11. The maximum Gasteiger partial charge on any atom is 0.410 e. The van der Waals surface area contributed by atoms with Gasteiger partial charge in [-0.1, -0.05) is 30.3 Å². The molecule has 2 atom stereocenters. The van der Waals surface area contributed by atoms with Crippen LogP contribution in [-0.2, 0) is 0 Å². The average Bonchev–Trinajstić information content (AvgIpc) is 2.84. The maximum absolute atomic E-state index is 13.4. The van der Waals surface area contributed by atoms with Gasteiger partial charge in [0, 0.05) is 6.42 Å². The molecule has 0 unspecified atom stereocenters. The van der Waals surface area contributed by atoms with Gasteiger partial charge in [0.15, 0.2) is 6.04 Å². The number of hydrogen-bond donors (Lipinski definition) is 1. The van der Waals surface area contributed by atoms with Gasteiger partial charge in [0.2, 0.25) is 0 Å². The molecule has 1 aromatic carbocycles. The number of nitrogens with one attached hydrogen (secondary N) is 1. The molecule has 0 amide bonds. The van der Waals surface area contributed by atoms with Crippen LogP contribution in [0.1, 0.15) is 34.6 Å². The molecule has 0 bridgehead atoms. The Labute approximate surface area is 137 Å². The van der Waals surface area contributed by atoms with Gasteiger partial charge in [-0.2, -0.15) is 18.3 Å². The number of aromatic nitrogens is 2. The van der Waals surface area contributed by atoms with Crippen LogP contribution in [-0.4, -0.2) is 21.9 Å². The molecule has 1 N–H and O–H groups in total. The lowest BCUT2D eigenvalue weighted by atomic mass is 9.97. The number of hydrogen-bond acceptors (Lipinski definition) is 4. The summed E-state index contributed by atoms with van der Waals surface area (Å²) in [5, 5.41) is 17.5. The Kier molecular flexibility index (Phi) is 3.83. The first-order valence-corrected chi connectivity index (χ1v) is 7.46. The quantitative estimate of drug-likeness (QED) is 0.858. The van der Waals surface area contributed by atoms with E-state index in [9.17, 15) is 23.1 Å². The fourth-order valence-electron chi connectivity index (χ4n) is 2.62. The van der Waals surface area contributed by atoms with Crippen LogP contribution >= 0.6 is 15.9 Å². The van der Waals surface area contributed by atoms with Gasteiger partial charge in [-0.05, 0) is 21.5 Å². The zero-order valence-electron chi connectivity index (χ0n) is 11.5. The number of anilines is 1. The third-order valence-electron chi connectivity index (χ3n) is 3.69. The van der Waals surface area contributed by atoms with Crippen LogP contribution in [0.15, 0.2) is 34.8 Å². The molecule has 9 heteroatoms. The number of carbonyl (C=O) groups excluding carboxylic acids is 1. The highest BCUT2D eigenvalue weighted by molar-refractivity contribution is 9.10. The van der Waals surface area contributed by atoms with Gasteiger partial charge in [0.1, 0.15) is 11.5 Å². The van der Waals surface area contributed by atoms with E-state index >= 15 is 0 Å². The number of halogens is 4. The Bertz CT molecular complexity index is 746. The summed E-state index contributed by atoms with van der Waals surface area (Å²) in [4.78, 5) is 11.0. The van der Waals surface area contributed by atoms with Crippen LogP contribution in [0.2, 0.25) is 0 Å². The van der Waals surface area contributed by atoms with Crippen LogP contribution < -0.4 is 10.4 Å². The van der Waals surface area contributed by atoms with Crippen molar-refractivity contribution in [3.63, 3.8) is 0 Å². The van der Waals surface area contributed by atoms with Gasteiger partial charge in [-0.15, -0.1) is 0 Å². The molecule has 1 aliphatic rings. The molecule has 0 radical (unpaired) electrons. The van der Waals surface area contributed by atoms with Crippen molar-refractivity contribution in [3.05, 3.63) is 46.1 Å². The molecule has 122 valence electrons. The van der Waals surface area contributed by atoms with E-state index in [2.05, 4.69) is 26.3 Å². The normalized spacial score (nSPS) is 20.7. The SMILES string of the molecule is O=C([O-])c1nn2c(c1Br)N[C@H](c1ccccc1)C[C@H]2C(F)(F)F. The number of carboxylic acids is 1. The van der Waals surface area contributed by atoms with Crippen LogP contribution in [0.5, 0.6) is 0 Å². The molecular formula is C14H10BrF3N3O2-. The van der Waals surface area contributed by atoms with Gasteiger partial charge in [0.25, 0.3) is 0 Å². The van der Waals surface area contributed by atoms with Crippen molar-refractivity contribution in [1.82, 2.24) is 9.78 Å². The molecular weight excluding hydrogens is 379 g/mol. The Balaban J connectivity index is 2.10. The minimum atomic E-state index is -4.56. The topological polar surface area (TPSA) is 70.0 Å². The average molecular weight is 389 g/mol. The highest BCUT2D eigenvalue weighted by Crippen LogP contribution is 2.46.